The lowest BCUT2D eigenvalue weighted by atomic mass is 10.2. The van der Waals surface area contributed by atoms with Crippen LogP contribution in [0.1, 0.15) is 27.8 Å². The van der Waals surface area contributed by atoms with Gasteiger partial charge in [0.05, 0.1) is 5.56 Å². The number of pyridine rings is 1. The second kappa shape index (κ2) is 4.02. The van der Waals surface area contributed by atoms with E-state index in [4.69, 9.17) is 5.73 Å². The Morgan fingerprint density at radius 3 is 2.81 bits per heavy atom. The van der Waals surface area contributed by atoms with E-state index in [1.54, 1.807) is 12.1 Å². The number of aromatic nitrogens is 1. The molecule has 1 unspecified atom stereocenters. The van der Waals surface area contributed by atoms with E-state index in [1.165, 1.54) is 11.1 Å². The molecule has 0 radical (unpaired) electrons. The lowest BCUT2D eigenvalue weighted by molar-refractivity contribution is 0.0632. The largest absolute Gasteiger partial charge is 0.330 e. The van der Waals surface area contributed by atoms with E-state index < -0.39 is 0 Å². The first kappa shape index (κ1) is 10.8. The zero-order valence-electron chi connectivity index (χ0n) is 9.01. The third kappa shape index (κ3) is 1.59. The van der Waals surface area contributed by atoms with Crippen molar-refractivity contribution in [2.24, 2.45) is 11.7 Å². The van der Waals surface area contributed by atoms with Gasteiger partial charge in [0, 0.05) is 12.7 Å². The van der Waals surface area contributed by atoms with Crippen LogP contribution in [-0.2, 0) is 0 Å². The molecule has 0 aliphatic carbocycles. The molecule has 2 rings (SSSR count). The number of nitrogens with zero attached hydrogens (tertiary/aromatic N) is 2. The summed E-state index contributed by atoms with van der Waals surface area (Å²) >= 11 is 0. The van der Waals surface area contributed by atoms with Crippen LogP contribution in [0.2, 0.25) is 0 Å². The average molecular weight is 219 g/mol. The molecule has 2 N–H and O–H groups in total. The van der Waals surface area contributed by atoms with Gasteiger partial charge in [0.15, 0.2) is 0 Å². The van der Waals surface area contributed by atoms with Gasteiger partial charge < -0.3 is 5.73 Å². The van der Waals surface area contributed by atoms with Crippen molar-refractivity contribution in [3.8, 4) is 0 Å². The summed E-state index contributed by atoms with van der Waals surface area (Å²) in [4.78, 5) is 28.9. The van der Waals surface area contributed by atoms with E-state index in [9.17, 15) is 9.59 Å². The maximum Gasteiger partial charge on any atom is 0.280 e. The Kier molecular flexibility index (Phi) is 2.70. The maximum absolute atomic E-state index is 11.9. The Bertz CT molecular complexity index is 410. The first-order chi connectivity index (χ1) is 7.65. The first-order valence-corrected chi connectivity index (χ1v) is 5.16. The summed E-state index contributed by atoms with van der Waals surface area (Å²) in [5.74, 6) is -0.489. The van der Waals surface area contributed by atoms with Crippen LogP contribution in [0.25, 0.3) is 0 Å². The number of amides is 2. The third-order valence-electron chi connectivity index (χ3n) is 2.63. The van der Waals surface area contributed by atoms with Crippen molar-refractivity contribution >= 4 is 11.8 Å². The van der Waals surface area contributed by atoms with E-state index in [1.807, 2.05) is 6.92 Å². The second-order valence-electron chi connectivity index (χ2n) is 3.96. The highest BCUT2D eigenvalue weighted by Crippen LogP contribution is 2.21. The monoisotopic (exact) mass is 219 g/mol. The van der Waals surface area contributed by atoms with Crippen molar-refractivity contribution in [3.05, 3.63) is 29.6 Å². The zero-order valence-corrected chi connectivity index (χ0v) is 9.01. The second-order valence-corrected chi connectivity index (χ2v) is 3.96. The van der Waals surface area contributed by atoms with Gasteiger partial charge in [-0.3, -0.25) is 19.5 Å². The predicted octanol–water partition coefficient (Wildman–Crippen LogP) is 0.272. The number of hydrogen-bond acceptors (Lipinski definition) is 4. The van der Waals surface area contributed by atoms with Crippen LogP contribution >= 0.6 is 0 Å². The van der Waals surface area contributed by atoms with E-state index in [-0.39, 0.29) is 23.4 Å². The zero-order chi connectivity index (χ0) is 11.7. The van der Waals surface area contributed by atoms with E-state index in [0.29, 0.717) is 18.7 Å². The molecule has 5 nitrogen and oxygen atoms in total. The molecule has 1 atom stereocenters. The highest BCUT2D eigenvalue weighted by atomic mass is 16.2. The van der Waals surface area contributed by atoms with Crippen LogP contribution in [0, 0.1) is 5.92 Å². The molecule has 1 aliphatic heterocycles. The molecule has 0 fully saturated rings. The van der Waals surface area contributed by atoms with Crippen LogP contribution < -0.4 is 5.73 Å². The smallest absolute Gasteiger partial charge is 0.280 e. The lowest BCUT2D eigenvalue weighted by Gasteiger charge is -2.17. The van der Waals surface area contributed by atoms with Gasteiger partial charge in [-0.15, -0.1) is 0 Å². The Morgan fingerprint density at radius 1 is 1.44 bits per heavy atom. The maximum atomic E-state index is 11.9. The van der Waals surface area contributed by atoms with E-state index >= 15 is 0 Å². The number of carbonyl (C=O) groups is 2. The molecular weight excluding hydrogens is 206 g/mol. The van der Waals surface area contributed by atoms with E-state index in [2.05, 4.69) is 4.98 Å². The summed E-state index contributed by atoms with van der Waals surface area (Å²) in [5.41, 5.74) is 6.11. The van der Waals surface area contributed by atoms with Gasteiger partial charge in [-0.2, -0.15) is 0 Å². The SMILES string of the molecule is CC(CN)CN1C(=O)c2cccnc2C1=O. The van der Waals surface area contributed by atoms with Crippen LogP contribution in [0.15, 0.2) is 18.3 Å². The Balaban J connectivity index is 2.28. The summed E-state index contributed by atoms with van der Waals surface area (Å²) in [6, 6.07) is 3.27. The molecule has 0 saturated carbocycles. The number of nitrogens with two attached hydrogens (primary N) is 1. The molecule has 2 amide bonds. The summed E-state index contributed by atoms with van der Waals surface area (Å²) in [7, 11) is 0. The van der Waals surface area contributed by atoms with Gasteiger partial charge in [0.2, 0.25) is 0 Å². The summed E-state index contributed by atoms with van der Waals surface area (Å²) in [5, 5.41) is 0. The molecule has 1 aromatic rings. The molecule has 84 valence electrons. The van der Waals surface area contributed by atoms with Gasteiger partial charge in [0.1, 0.15) is 5.69 Å². The highest BCUT2D eigenvalue weighted by molar-refractivity contribution is 6.20. The van der Waals surface area contributed by atoms with Crippen LogP contribution in [-0.4, -0.2) is 34.8 Å². The molecule has 0 aromatic carbocycles. The van der Waals surface area contributed by atoms with Crippen molar-refractivity contribution in [3.63, 3.8) is 0 Å². The van der Waals surface area contributed by atoms with Crippen LogP contribution in [0.3, 0.4) is 0 Å². The van der Waals surface area contributed by atoms with Gasteiger partial charge in [-0.25, -0.2) is 0 Å². The quantitative estimate of drug-likeness (QED) is 0.740. The highest BCUT2D eigenvalue weighted by Gasteiger charge is 2.36. The number of rotatable bonds is 3. The van der Waals surface area contributed by atoms with Gasteiger partial charge >= 0.3 is 0 Å². The molecule has 1 aromatic heterocycles. The fourth-order valence-electron chi connectivity index (χ4n) is 1.67. The van der Waals surface area contributed by atoms with Crippen molar-refractivity contribution in [1.29, 1.82) is 0 Å². The number of hydrogen-bond donors (Lipinski definition) is 1. The van der Waals surface area contributed by atoms with Crippen molar-refractivity contribution < 1.29 is 9.59 Å². The van der Waals surface area contributed by atoms with Gasteiger partial charge in [-0.05, 0) is 24.6 Å². The number of fused-ring (bicyclic) bond motifs is 1. The first-order valence-electron chi connectivity index (χ1n) is 5.16. The van der Waals surface area contributed by atoms with Crippen LogP contribution in [0.5, 0.6) is 0 Å². The molecule has 0 spiro atoms. The third-order valence-corrected chi connectivity index (χ3v) is 2.63. The van der Waals surface area contributed by atoms with Crippen molar-refractivity contribution in [2.75, 3.05) is 13.1 Å². The fraction of sp³-hybridized carbons (Fsp3) is 0.364. The summed E-state index contributed by atoms with van der Waals surface area (Å²) in [6.07, 6.45) is 1.51. The van der Waals surface area contributed by atoms with Crippen molar-refractivity contribution in [1.82, 2.24) is 9.88 Å². The molecule has 0 bridgehead atoms. The Hall–Kier alpha value is -1.75. The molecule has 16 heavy (non-hydrogen) atoms. The number of imide groups is 1. The minimum atomic E-state index is -0.319. The lowest BCUT2D eigenvalue weighted by Crippen LogP contribution is -2.36. The Labute approximate surface area is 93.3 Å². The number of carbonyl (C=O) groups excluding carboxylic acids is 2. The van der Waals surface area contributed by atoms with Crippen LogP contribution in [0.4, 0.5) is 0 Å². The molecule has 2 heterocycles. The molecule has 5 heteroatoms. The Morgan fingerprint density at radius 2 is 2.19 bits per heavy atom. The minimum Gasteiger partial charge on any atom is -0.330 e. The fourth-order valence-corrected chi connectivity index (χ4v) is 1.67. The van der Waals surface area contributed by atoms with Gasteiger partial charge in [-0.1, -0.05) is 6.92 Å². The molecular formula is C11H13N3O2. The average Bonchev–Trinajstić information content (AvgIpc) is 2.55. The normalized spacial score (nSPS) is 16.5. The minimum absolute atomic E-state index is 0.0993. The predicted molar refractivity (Wildman–Crippen MR) is 57.8 cm³/mol. The molecule has 0 saturated heterocycles. The van der Waals surface area contributed by atoms with Gasteiger partial charge in [0.25, 0.3) is 11.8 Å². The topological polar surface area (TPSA) is 76.3 Å². The standard InChI is InChI=1S/C11H13N3O2/c1-7(5-12)6-14-10(15)8-3-2-4-13-9(8)11(14)16/h2-4,7H,5-6,12H2,1H3. The van der Waals surface area contributed by atoms with Crippen molar-refractivity contribution in [2.45, 2.75) is 6.92 Å². The molecule has 1 aliphatic rings. The summed E-state index contributed by atoms with van der Waals surface area (Å²) in [6.45, 7) is 2.70. The summed E-state index contributed by atoms with van der Waals surface area (Å²) < 4.78 is 0. The van der Waals surface area contributed by atoms with E-state index in [0.717, 1.165) is 0 Å².